The number of nitrogen functional groups attached to an aromatic ring is 1. The molecule has 0 saturated heterocycles. The third-order valence-corrected chi connectivity index (χ3v) is 3.58. The standard InChI is InChI=1S/C14H7Cl2F2N3O2/c15-8-1-5(19)2-9(16)12(8)23-14-7-4-11(18)10(17)3-6(7)13(22)20-21-14/h1-4H,19H2,(H,20,22). The third kappa shape index (κ3) is 2.80. The number of hydrogen-bond acceptors (Lipinski definition) is 4. The number of ether oxygens (including phenoxy) is 1. The number of rotatable bonds is 2. The lowest BCUT2D eigenvalue weighted by Gasteiger charge is -2.11. The molecule has 0 fully saturated rings. The molecule has 0 aliphatic carbocycles. The molecule has 0 aliphatic rings. The SMILES string of the molecule is Nc1cc(Cl)c(Oc2n[nH]c(=O)c3cc(F)c(F)cc23)c(Cl)c1. The van der Waals surface area contributed by atoms with Gasteiger partial charge in [0.05, 0.1) is 20.8 Å². The number of nitrogens with one attached hydrogen (secondary N) is 1. The number of benzene rings is 2. The molecule has 118 valence electrons. The Morgan fingerprint density at radius 2 is 1.61 bits per heavy atom. The predicted octanol–water partition coefficient (Wildman–Crippen LogP) is 3.88. The first-order valence-corrected chi connectivity index (χ1v) is 6.92. The van der Waals surface area contributed by atoms with Crippen LogP contribution in [0.3, 0.4) is 0 Å². The Bertz CT molecular complexity index is 969. The van der Waals surface area contributed by atoms with E-state index in [-0.39, 0.29) is 32.4 Å². The lowest BCUT2D eigenvalue weighted by molar-refractivity contribution is 0.460. The topological polar surface area (TPSA) is 81.0 Å². The van der Waals surface area contributed by atoms with Crippen molar-refractivity contribution in [1.82, 2.24) is 10.2 Å². The van der Waals surface area contributed by atoms with Crippen LogP contribution in [-0.2, 0) is 0 Å². The molecule has 0 amide bonds. The first kappa shape index (κ1) is 15.5. The van der Waals surface area contributed by atoms with E-state index in [1.807, 2.05) is 0 Å². The van der Waals surface area contributed by atoms with Gasteiger partial charge >= 0.3 is 0 Å². The Morgan fingerprint density at radius 1 is 1.04 bits per heavy atom. The lowest BCUT2D eigenvalue weighted by atomic mass is 10.2. The zero-order valence-corrected chi connectivity index (χ0v) is 12.7. The first-order chi connectivity index (χ1) is 10.9. The van der Waals surface area contributed by atoms with Crippen molar-refractivity contribution in [2.75, 3.05) is 5.73 Å². The van der Waals surface area contributed by atoms with Crippen molar-refractivity contribution in [2.24, 2.45) is 0 Å². The highest BCUT2D eigenvalue weighted by atomic mass is 35.5. The highest BCUT2D eigenvalue weighted by Gasteiger charge is 2.16. The van der Waals surface area contributed by atoms with Crippen LogP contribution in [0.1, 0.15) is 0 Å². The van der Waals surface area contributed by atoms with Crippen molar-refractivity contribution in [3.8, 4) is 11.6 Å². The van der Waals surface area contributed by atoms with Crippen LogP contribution < -0.4 is 16.0 Å². The van der Waals surface area contributed by atoms with Crippen LogP contribution >= 0.6 is 23.2 Å². The number of nitrogens with zero attached hydrogens (tertiary/aromatic N) is 1. The summed E-state index contributed by atoms with van der Waals surface area (Å²) in [4.78, 5) is 11.7. The summed E-state index contributed by atoms with van der Waals surface area (Å²) >= 11 is 12.0. The molecule has 0 atom stereocenters. The molecule has 2 aromatic carbocycles. The van der Waals surface area contributed by atoms with Crippen LogP contribution in [0.2, 0.25) is 10.0 Å². The van der Waals surface area contributed by atoms with Gasteiger partial charge in [-0.05, 0) is 24.3 Å². The zero-order valence-electron chi connectivity index (χ0n) is 11.2. The molecule has 0 bridgehead atoms. The second-order valence-corrected chi connectivity index (χ2v) is 5.40. The Balaban J connectivity index is 2.20. The van der Waals surface area contributed by atoms with E-state index in [0.29, 0.717) is 5.69 Å². The molecule has 5 nitrogen and oxygen atoms in total. The highest BCUT2D eigenvalue weighted by molar-refractivity contribution is 6.37. The van der Waals surface area contributed by atoms with Gasteiger partial charge in [0.2, 0.25) is 5.88 Å². The molecule has 1 aromatic heterocycles. The molecule has 9 heteroatoms. The van der Waals surface area contributed by atoms with Crippen molar-refractivity contribution < 1.29 is 13.5 Å². The average Bonchev–Trinajstić information content (AvgIpc) is 2.47. The number of aromatic amines is 1. The van der Waals surface area contributed by atoms with Crippen molar-refractivity contribution in [3.63, 3.8) is 0 Å². The van der Waals surface area contributed by atoms with Gasteiger partial charge in [-0.3, -0.25) is 4.79 Å². The van der Waals surface area contributed by atoms with Crippen LogP contribution in [0.4, 0.5) is 14.5 Å². The van der Waals surface area contributed by atoms with E-state index in [1.54, 1.807) is 0 Å². The summed E-state index contributed by atoms with van der Waals surface area (Å²) in [7, 11) is 0. The summed E-state index contributed by atoms with van der Waals surface area (Å²) in [6.07, 6.45) is 0. The van der Waals surface area contributed by atoms with Gasteiger partial charge in [0.25, 0.3) is 5.56 Å². The summed E-state index contributed by atoms with van der Waals surface area (Å²) < 4.78 is 32.3. The highest BCUT2D eigenvalue weighted by Crippen LogP contribution is 2.38. The molecule has 0 radical (unpaired) electrons. The molecule has 0 unspecified atom stereocenters. The van der Waals surface area contributed by atoms with E-state index in [0.717, 1.165) is 12.1 Å². The van der Waals surface area contributed by atoms with Gasteiger partial charge in [-0.1, -0.05) is 23.2 Å². The minimum Gasteiger partial charge on any atom is -0.434 e. The smallest absolute Gasteiger partial charge is 0.272 e. The quantitative estimate of drug-likeness (QED) is 0.682. The van der Waals surface area contributed by atoms with E-state index in [2.05, 4.69) is 10.2 Å². The van der Waals surface area contributed by atoms with Crippen molar-refractivity contribution in [3.05, 3.63) is 56.3 Å². The van der Waals surface area contributed by atoms with Crippen molar-refractivity contribution in [2.45, 2.75) is 0 Å². The summed E-state index contributed by atoms with van der Waals surface area (Å²) in [5.41, 5.74) is 5.22. The van der Waals surface area contributed by atoms with Crippen LogP contribution in [0.15, 0.2) is 29.1 Å². The Labute approximate surface area is 137 Å². The maximum absolute atomic E-state index is 13.5. The molecular formula is C14H7Cl2F2N3O2. The monoisotopic (exact) mass is 357 g/mol. The van der Waals surface area contributed by atoms with Gasteiger partial charge in [-0.2, -0.15) is 0 Å². The Hall–Kier alpha value is -2.38. The van der Waals surface area contributed by atoms with Gasteiger partial charge in [-0.15, -0.1) is 5.10 Å². The van der Waals surface area contributed by atoms with Crippen LogP contribution in [0, 0.1) is 11.6 Å². The van der Waals surface area contributed by atoms with Crippen molar-refractivity contribution in [1.29, 1.82) is 0 Å². The molecule has 3 N–H and O–H groups in total. The van der Waals surface area contributed by atoms with Crippen LogP contribution in [0.5, 0.6) is 11.6 Å². The van der Waals surface area contributed by atoms with Gasteiger partial charge < -0.3 is 10.5 Å². The normalized spacial score (nSPS) is 11.0. The first-order valence-electron chi connectivity index (χ1n) is 6.16. The predicted molar refractivity (Wildman–Crippen MR) is 83.2 cm³/mol. The number of anilines is 1. The van der Waals surface area contributed by atoms with Gasteiger partial charge in [0.1, 0.15) is 0 Å². The fraction of sp³-hybridized carbons (Fsp3) is 0. The number of fused-ring (bicyclic) bond motifs is 1. The van der Waals surface area contributed by atoms with Gasteiger partial charge in [0, 0.05) is 5.69 Å². The maximum atomic E-state index is 13.5. The molecule has 23 heavy (non-hydrogen) atoms. The number of halogens is 4. The average molecular weight is 358 g/mol. The summed E-state index contributed by atoms with van der Waals surface area (Å²) in [5.74, 6) is -2.48. The fourth-order valence-corrected chi connectivity index (χ4v) is 2.57. The van der Waals surface area contributed by atoms with E-state index >= 15 is 0 Å². The number of aromatic nitrogens is 2. The second kappa shape index (κ2) is 5.68. The van der Waals surface area contributed by atoms with Crippen LogP contribution in [0.25, 0.3) is 10.8 Å². The van der Waals surface area contributed by atoms with E-state index < -0.39 is 17.2 Å². The van der Waals surface area contributed by atoms with Gasteiger partial charge in [0.15, 0.2) is 17.4 Å². The third-order valence-electron chi connectivity index (χ3n) is 3.01. The minimum absolute atomic E-state index is 0.0214. The number of H-pyrrole nitrogens is 1. The Kier molecular flexibility index (Phi) is 3.83. The maximum Gasteiger partial charge on any atom is 0.272 e. The van der Waals surface area contributed by atoms with E-state index in [4.69, 9.17) is 33.7 Å². The molecule has 1 heterocycles. The number of hydrogen-bond donors (Lipinski definition) is 2. The summed E-state index contributed by atoms with van der Waals surface area (Å²) in [5, 5.41) is 5.84. The number of nitrogens with two attached hydrogens (primary N) is 1. The summed E-state index contributed by atoms with van der Waals surface area (Å²) in [6.45, 7) is 0. The molecule has 3 rings (SSSR count). The fourth-order valence-electron chi connectivity index (χ4n) is 1.99. The molecule has 0 aliphatic heterocycles. The van der Waals surface area contributed by atoms with Crippen molar-refractivity contribution >= 4 is 39.7 Å². The molecule has 0 spiro atoms. The Morgan fingerprint density at radius 3 is 2.22 bits per heavy atom. The molecule has 0 saturated carbocycles. The zero-order chi connectivity index (χ0) is 16.7. The van der Waals surface area contributed by atoms with Gasteiger partial charge in [-0.25, -0.2) is 13.9 Å². The summed E-state index contributed by atoms with van der Waals surface area (Å²) in [6, 6.07) is 4.36. The lowest BCUT2D eigenvalue weighted by Crippen LogP contribution is -2.10. The largest absolute Gasteiger partial charge is 0.434 e. The molecule has 3 aromatic rings. The molecular weight excluding hydrogens is 351 g/mol. The van der Waals surface area contributed by atoms with Crippen LogP contribution in [-0.4, -0.2) is 10.2 Å². The van der Waals surface area contributed by atoms with E-state index in [1.165, 1.54) is 12.1 Å². The second-order valence-electron chi connectivity index (χ2n) is 4.59. The minimum atomic E-state index is -1.16. The van der Waals surface area contributed by atoms with E-state index in [9.17, 15) is 13.6 Å².